The topological polar surface area (TPSA) is 69.4 Å². The molecule has 1 aliphatic heterocycles. The van der Waals surface area contributed by atoms with E-state index in [4.69, 9.17) is 10.5 Å². The minimum Gasteiger partial charge on any atom is -0.379 e. The van der Waals surface area contributed by atoms with Crippen LogP contribution in [0.2, 0.25) is 0 Å². The van der Waals surface area contributed by atoms with Crippen LogP contribution in [0.1, 0.15) is 33.6 Å². The van der Waals surface area contributed by atoms with E-state index in [0.717, 1.165) is 6.42 Å². The van der Waals surface area contributed by atoms with Crippen molar-refractivity contribution in [3.63, 3.8) is 0 Å². The van der Waals surface area contributed by atoms with E-state index in [1.807, 2.05) is 0 Å². The van der Waals surface area contributed by atoms with E-state index < -0.39 is 20.1 Å². The van der Waals surface area contributed by atoms with Crippen LogP contribution in [-0.4, -0.2) is 37.7 Å². The van der Waals surface area contributed by atoms with E-state index in [2.05, 4.69) is 0 Å². The predicted octanol–water partition coefficient (Wildman–Crippen LogP) is 0.708. The molecule has 0 bridgehead atoms. The Kier molecular flexibility index (Phi) is 3.48. The van der Waals surface area contributed by atoms with Crippen molar-refractivity contribution in [2.24, 2.45) is 5.73 Å². The summed E-state index contributed by atoms with van der Waals surface area (Å²) in [6.07, 6.45) is 1.25. The Morgan fingerprint density at radius 2 is 2.00 bits per heavy atom. The summed E-state index contributed by atoms with van der Waals surface area (Å²) in [4.78, 5) is 0. The number of sulfone groups is 1. The van der Waals surface area contributed by atoms with Crippen LogP contribution >= 0.6 is 0 Å². The molecule has 1 heterocycles. The monoisotopic (exact) mass is 235 g/mol. The van der Waals surface area contributed by atoms with Crippen molar-refractivity contribution in [1.29, 1.82) is 0 Å². The van der Waals surface area contributed by atoms with E-state index in [0.29, 0.717) is 19.6 Å². The highest BCUT2D eigenvalue weighted by molar-refractivity contribution is 7.92. The summed E-state index contributed by atoms with van der Waals surface area (Å²) >= 11 is 0. The molecule has 0 aliphatic carbocycles. The Labute approximate surface area is 92.1 Å². The van der Waals surface area contributed by atoms with E-state index in [1.165, 1.54) is 0 Å². The third kappa shape index (κ3) is 3.16. The maximum Gasteiger partial charge on any atom is 0.155 e. The fraction of sp³-hybridized carbons (Fsp3) is 1.00. The number of hydrogen-bond donors (Lipinski definition) is 1. The highest BCUT2D eigenvalue weighted by atomic mass is 32.2. The molecule has 1 saturated heterocycles. The standard InChI is InChI=1S/C10H21NO3S/c1-9(2,3)15(12,13)7-5-10(11)4-6-14-8-10/h4-8,11H2,1-3H3. The van der Waals surface area contributed by atoms with Gasteiger partial charge in [-0.2, -0.15) is 0 Å². The lowest BCUT2D eigenvalue weighted by Gasteiger charge is -2.25. The molecule has 0 saturated carbocycles. The van der Waals surface area contributed by atoms with Crippen LogP contribution in [0, 0.1) is 0 Å². The number of rotatable bonds is 3. The molecule has 0 spiro atoms. The highest BCUT2D eigenvalue weighted by Gasteiger charge is 2.35. The molecule has 1 rings (SSSR count). The average Bonchev–Trinajstić information content (AvgIpc) is 2.48. The Morgan fingerprint density at radius 3 is 2.40 bits per heavy atom. The molecule has 5 heteroatoms. The van der Waals surface area contributed by atoms with Crippen LogP contribution in [0.5, 0.6) is 0 Å². The number of ether oxygens (including phenoxy) is 1. The van der Waals surface area contributed by atoms with Crippen molar-refractivity contribution in [2.75, 3.05) is 19.0 Å². The Hall–Kier alpha value is -0.130. The molecule has 1 aliphatic rings. The molecular formula is C10H21NO3S. The van der Waals surface area contributed by atoms with E-state index >= 15 is 0 Å². The van der Waals surface area contributed by atoms with Crippen molar-refractivity contribution in [2.45, 2.75) is 43.9 Å². The first-order chi connectivity index (χ1) is 6.66. The van der Waals surface area contributed by atoms with Gasteiger partial charge in [-0.3, -0.25) is 0 Å². The third-order valence-corrected chi connectivity index (χ3v) is 5.54. The van der Waals surface area contributed by atoms with Gasteiger partial charge in [0, 0.05) is 12.1 Å². The largest absolute Gasteiger partial charge is 0.379 e. The lowest BCUT2D eigenvalue weighted by atomic mass is 9.97. The normalized spacial score (nSPS) is 28.3. The molecule has 2 N–H and O–H groups in total. The molecule has 0 aromatic carbocycles. The fourth-order valence-corrected chi connectivity index (χ4v) is 2.75. The molecule has 90 valence electrons. The van der Waals surface area contributed by atoms with Gasteiger partial charge >= 0.3 is 0 Å². The quantitative estimate of drug-likeness (QED) is 0.782. The van der Waals surface area contributed by atoms with Gasteiger partial charge in [0.2, 0.25) is 0 Å². The molecule has 0 aromatic heterocycles. The molecular weight excluding hydrogens is 214 g/mol. The molecule has 1 unspecified atom stereocenters. The second-order valence-electron chi connectivity index (χ2n) is 5.35. The number of hydrogen-bond acceptors (Lipinski definition) is 4. The maximum absolute atomic E-state index is 11.9. The SMILES string of the molecule is CC(C)(C)S(=O)(=O)CCC1(N)CCOC1. The Bertz CT molecular complexity index is 310. The van der Waals surface area contributed by atoms with Gasteiger partial charge in [-0.25, -0.2) is 8.42 Å². The first kappa shape index (κ1) is 12.9. The Morgan fingerprint density at radius 1 is 1.40 bits per heavy atom. The van der Waals surface area contributed by atoms with Crippen LogP contribution in [0.3, 0.4) is 0 Å². The summed E-state index contributed by atoms with van der Waals surface area (Å²) in [5, 5.41) is 0. The first-order valence-electron chi connectivity index (χ1n) is 5.25. The first-order valence-corrected chi connectivity index (χ1v) is 6.91. The third-order valence-electron chi connectivity index (χ3n) is 2.94. The van der Waals surface area contributed by atoms with Crippen LogP contribution in [0.15, 0.2) is 0 Å². The number of nitrogens with two attached hydrogens (primary N) is 1. The van der Waals surface area contributed by atoms with Crippen LogP contribution in [0.25, 0.3) is 0 Å². The lowest BCUT2D eigenvalue weighted by Crippen LogP contribution is -2.43. The van der Waals surface area contributed by atoms with Gasteiger partial charge in [0.05, 0.1) is 17.1 Å². The Balaban J connectivity index is 2.57. The van der Waals surface area contributed by atoms with Gasteiger partial charge < -0.3 is 10.5 Å². The molecule has 0 amide bonds. The van der Waals surface area contributed by atoms with Crippen molar-refractivity contribution < 1.29 is 13.2 Å². The summed E-state index contributed by atoms with van der Waals surface area (Å²) in [7, 11) is -3.06. The van der Waals surface area contributed by atoms with Crippen LogP contribution in [-0.2, 0) is 14.6 Å². The van der Waals surface area contributed by atoms with Gasteiger partial charge in [0.15, 0.2) is 9.84 Å². The van der Waals surface area contributed by atoms with Gasteiger partial charge in [-0.15, -0.1) is 0 Å². The van der Waals surface area contributed by atoms with Crippen molar-refractivity contribution >= 4 is 9.84 Å². The van der Waals surface area contributed by atoms with E-state index in [9.17, 15) is 8.42 Å². The zero-order valence-electron chi connectivity index (χ0n) is 9.75. The minimum atomic E-state index is -3.06. The molecule has 0 radical (unpaired) electrons. The predicted molar refractivity (Wildman–Crippen MR) is 60.5 cm³/mol. The summed E-state index contributed by atoms with van der Waals surface area (Å²) in [5.41, 5.74) is 5.59. The molecule has 15 heavy (non-hydrogen) atoms. The van der Waals surface area contributed by atoms with Crippen molar-refractivity contribution in [3.8, 4) is 0 Å². The van der Waals surface area contributed by atoms with Gasteiger partial charge in [0.1, 0.15) is 0 Å². The summed E-state index contributed by atoms with van der Waals surface area (Å²) in [5.74, 6) is 0.149. The van der Waals surface area contributed by atoms with E-state index in [1.54, 1.807) is 20.8 Å². The zero-order valence-corrected chi connectivity index (χ0v) is 10.6. The van der Waals surface area contributed by atoms with Gasteiger partial charge in [0.25, 0.3) is 0 Å². The van der Waals surface area contributed by atoms with Crippen LogP contribution < -0.4 is 5.73 Å². The molecule has 1 atom stereocenters. The zero-order chi connectivity index (χ0) is 11.7. The van der Waals surface area contributed by atoms with Crippen molar-refractivity contribution in [1.82, 2.24) is 0 Å². The highest BCUT2D eigenvalue weighted by Crippen LogP contribution is 2.23. The molecule has 0 aromatic rings. The average molecular weight is 235 g/mol. The summed E-state index contributed by atoms with van der Waals surface area (Å²) in [6.45, 7) is 6.28. The van der Waals surface area contributed by atoms with Gasteiger partial charge in [-0.1, -0.05) is 0 Å². The fourth-order valence-electron chi connectivity index (χ4n) is 1.46. The maximum atomic E-state index is 11.9. The van der Waals surface area contributed by atoms with Crippen molar-refractivity contribution in [3.05, 3.63) is 0 Å². The van der Waals surface area contributed by atoms with Crippen LogP contribution in [0.4, 0.5) is 0 Å². The summed E-state index contributed by atoms with van der Waals surface area (Å²) < 4.78 is 28.2. The smallest absolute Gasteiger partial charge is 0.155 e. The van der Waals surface area contributed by atoms with Gasteiger partial charge in [-0.05, 0) is 33.6 Å². The molecule has 4 nitrogen and oxygen atoms in total. The minimum absolute atomic E-state index is 0.149. The molecule has 1 fully saturated rings. The second kappa shape index (κ2) is 4.03. The van der Waals surface area contributed by atoms with E-state index in [-0.39, 0.29) is 5.75 Å². The summed E-state index contributed by atoms with van der Waals surface area (Å²) in [6, 6.07) is 0. The lowest BCUT2D eigenvalue weighted by molar-refractivity contribution is 0.177. The second-order valence-corrected chi connectivity index (χ2v) is 8.21.